The highest BCUT2D eigenvalue weighted by atomic mass is 35.5. The quantitative estimate of drug-likeness (QED) is 0.250. The zero-order chi connectivity index (χ0) is 22.8. The number of rotatable bonds is 6. The molecule has 162 valence electrons. The Morgan fingerprint density at radius 2 is 1.48 bits per heavy atom. The minimum Gasteiger partial charge on any atom is -0.449 e. The SMILES string of the molecule is CC(C)(C)c1ccc(OS(=O)(=O)c2ccc(Oc3c(Cl)cccc3[N+](=O)[O-])cc2)cc1. The van der Waals surface area contributed by atoms with Crippen LogP contribution in [0.1, 0.15) is 26.3 Å². The van der Waals surface area contributed by atoms with E-state index in [0.717, 1.165) is 5.56 Å². The van der Waals surface area contributed by atoms with E-state index in [1.807, 2.05) is 12.1 Å². The minimum atomic E-state index is -4.07. The topological polar surface area (TPSA) is 95.7 Å². The Labute approximate surface area is 185 Å². The number of nitrogens with zero attached hydrogens (tertiary/aromatic N) is 1. The number of nitro benzene ring substituents is 1. The van der Waals surface area contributed by atoms with E-state index in [-0.39, 0.29) is 38.3 Å². The molecule has 3 aromatic carbocycles. The van der Waals surface area contributed by atoms with E-state index in [2.05, 4.69) is 20.8 Å². The van der Waals surface area contributed by atoms with E-state index in [1.54, 1.807) is 12.1 Å². The number of halogens is 1. The molecule has 0 atom stereocenters. The first-order valence-electron chi connectivity index (χ1n) is 9.23. The number of benzene rings is 3. The van der Waals surface area contributed by atoms with E-state index in [0.29, 0.717) is 0 Å². The highest BCUT2D eigenvalue weighted by Crippen LogP contribution is 2.38. The zero-order valence-electron chi connectivity index (χ0n) is 17.0. The van der Waals surface area contributed by atoms with Gasteiger partial charge in [0.1, 0.15) is 16.4 Å². The van der Waals surface area contributed by atoms with Gasteiger partial charge in [-0.1, -0.05) is 50.6 Å². The number of para-hydroxylation sites is 1. The molecule has 0 radical (unpaired) electrons. The summed E-state index contributed by atoms with van der Waals surface area (Å²) in [6.07, 6.45) is 0. The molecule has 0 heterocycles. The molecule has 0 spiro atoms. The molecule has 0 bridgehead atoms. The first-order chi connectivity index (χ1) is 14.5. The van der Waals surface area contributed by atoms with Crippen LogP contribution in [0.4, 0.5) is 5.69 Å². The van der Waals surface area contributed by atoms with E-state index >= 15 is 0 Å². The molecule has 7 nitrogen and oxygen atoms in total. The Morgan fingerprint density at radius 3 is 2.03 bits per heavy atom. The van der Waals surface area contributed by atoms with Crippen molar-refractivity contribution in [2.45, 2.75) is 31.1 Å². The van der Waals surface area contributed by atoms with Crippen LogP contribution >= 0.6 is 11.6 Å². The summed E-state index contributed by atoms with van der Waals surface area (Å²) < 4.78 is 35.9. The van der Waals surface area contributed by atoms with Crippen molar-refractivity contribution in [1.29, 1.82) is 0 Å². The van der Waals surface area contributed by atoms with Crippen LogP contribution in [0.25, 0.3) is 0 Å². The van der Waals surface area contributed by atoms with Crippen molar-refractivity contribution in [1.82, 2.24) is 0 Å². The molecule has 0 aliphatic rings. The van der Waals surface area contributed by atoms with Crippen molar-refractivity contribution in [3.05, 3.63) is 87.4 Å². The Balaban J connectivity index is 1.79. The van der Waals surface area contributed by atoms with Gasteiger partial charge in [-0.2, -0.15) is 8.42 Å². The fourth-order valence-electron chi connectivity index (χ4n) is 2.72. The second-order valence-corrected chi connectivity index (χ2v) is 9.68. The second-order valence-electron chi connectivity index (χ2n) is 7.73. The average Bonchev–Trinajstić information content (AvgIpc) is 2.69. The first kappa shape index (κ1) is 22.6. The third-order valence-electron chi connectivity index (χ3n) is 4.40. The summed E-state index contributed by atoms with van der Waals surface area (Å²) in [4.78, 5) is 10.5. The molecule has 3 aromatic rings. The van der Waals surface area contributed by atoms with Gasteiger partial charge in [-0.15, -0.1) is 0 Å². The summed E-state index contributed by atoms with van der Waals surface area (Å²) in [5.41, 5.74) is 0.683. The highest BCUT2D eigenvalue weighted by Gasteiger charge is 2.21. The van der Waals surface area contributed by atoms with E-state index < -0.39 is 15.0 Å². The van der Waals surface area contributed by atoms with Crippen molar-refractivity contribution in [3.63, 3.8) is 0 Å². The van der Waals surface area contributed by atoms with Crippen molar-refractivity contribution >= 4 is 27.4 Å². The maximum absolute atomic E-state index is 12.6. The van der Waals surface area contributed by atoms with Crippen molar-refractivity contribution in [3.8, 4) is 17.2 Å². The molecule has 0 aromatic heterocycles. The summed E-state index contributed by atoms with van der Waals surface area (Å²) in [7, 11) is -4.07. The van der Waals surface area contributed by atoms with E-state index in [4.69, 9.17) is 20.5 Å². The molecule has 0 N–H and O–H groups in total. The van der Waals surface area contributed by atoms with Gasteiger partial charge in [-0.05, 0) is 53.4 Å². The average molecular weight is 462 g/mol. The lowest BCUT2D eigenvalue weighted by molar-refractivity contribution is -0.385. The fraction of sp³-hybridized carbons (Fsp3) is 0.182. The molecule has 0 aliphatic carbocycles. The number of ether oxygens (including phenoxy) is 1. The van der Waals surface area contributed by atoms with Gasteiger partial charge in [0.05, 0.1) is 9.95 Å². The maximum atomic E-state index is 12.6. The molecule has 0 aliphatic heterocycles. The normalized spacial score (nSPS) is 11.7. The predicted octanol–water partition coefficient (Wildman–Crippen LogP) is 6.11. The molecule has 0 saturated carbocycles. The molecule has 9 heteroatoms. The second kappa shape index (κ2) is 8.56. The van der Waals surface area contributed by atoms with Gasteiger partial charge >= 0.3 is 15.8 Å². The van der Waals surface area contributed by atoms with E-state index in [9.17, 15) is 18.5 Å². The van der Waals surface area contributed by atoms with Crippen LogP contribution in [0.5, 0.6) is 17.2 Å². The van der Waals surface area contributed by atoms with Crippen molar-refractivity contribution < 1.29 is 22.3 Å². The van der Waals surface area contributed by atoms with Crippen LogP contribution < -0.4 is 8.92 Å². The molecule has 0 amide bonds. The molecular formula is C22H20ClNO6S. The van der Waals surface area contributed by atoms with Gasteiger partial charge < -0.3 is 8.92 Å². The number of hydrogen-bond donors (Lipinski definition) is 0. The Morgan fingerprint density at radius 1 is 0.903 bits per heavy atom. The summed E-state index contributed by atoms with van der Waals surface area (Å²) in [5, 5.41) is 11.2. The lowest BCUT2D eigenvalue weighted by Crippen LogP contribution is -2.12. The number of hydrogen-bond acceptors (Lipinski definition) is 6. The Kier molecular flexibility index (Phi) is 6.24. The summed E-state index contributed by atoms with van der Waals surface area (Å²) in [6.45, 7) is 6.17. The highest BCUT2D eigenvalue weighted by molar-refractivity contribution is 7.87. The molecule has 0 fully saturated rings. The smallest absolute Gasteiger partial charge is 0.339 e. The Hall–Kier alpha value is -3.10. The monoisotopic (exact) mass is 461 g/mol. The largest absolute Gasteiger partial charge is 0.449 e. The van der Waals surface area contributed by atoms with Gasteiger partial charge in [0.25, 0.3) is 0 Å². The zero-order valence-corrected chi connectivity index (χ0v) is 18.6. The van der Waals surface area contributed by atoms with Crippen LogP contribution in [-0.4, -0.2) is 13.3 Å². The third kappa shape index (κ3) is 5.34. The van der Waals surface area contributed by atoms with Gasteiger partial charge in [-0.3, -0.25) is 10.1 Å². The molecular weight excluding hydrogens is 442 g/mol. The molecule has 31 heavy (non-hydrogen) atoms. The van der Waals surface area contributed by atoms with E-state index in [1.165, 1.54) is 42.5 Å². The minimum absolute atomic E-state index is 0.0629. The van der Waals surface area contributed by atoms with Crippen LogP contribution in [-0.2, 0) is 15.5 Å². The van der Waals surface area contributed by atoms with Gasteiger partial charge in [0, 0.05) is 6.07 Å². The van der Waals surface area contributed by atoms with Crippen molar-refractivity contribution in [2.75, 3.05) is 0 Å². The standard InChI is InChI=1S/C22H20ClNO6S/c1-22(2,3)15-7-9-17(10-8-15)30-31(27,28)18-13-11-16(12-14-18)29-21-19(23)5-4-6-20(21)24(25)26/h4-14H,1-3H3. The number of nitro groups is 1. The first-order valence-corrected chi connectivity index (χ1v) is 11.0. The van der Waals surface area contributed by atoms with Crippen molar-refractivity contribution in [2.24, 2.45) is 0 Å². The summed E-state index contributed by atoms with van der Waals surface area (Å²) >= 11 is 6.01. The van der Waals surface area contributed by atoms with Gasteiger partial charge in [0.2, 0.25) is 5.75 Å². The summed E-state index contributed by atoms with van der Waals surface area (Å²) in [6, 6.07) is 16.3. The molecule has 0 saturated heterocycles. The van der Waals surface area contributed by atoms with Crippen LogP contribution in [0, 0.1) is 10.1 Å². The van der Waals surface area contributed by atoms with Crippen LogP contribution in [0.15, 0.2) is 71.6 Å². The van der Waals surface area contributed by atoms with Crippen LogP contribution in [0.3, 0.4) is 0 Å². The lowest BCUT2D eigenvalue weighted by Gasteiger charge is -2.19. The third-order valence-corrected chi connectivity index (χ3v) is 5.96. The maximum Gasteiger partial charge on any atom is 0.339 e. The van der Waals surface area contributed by atoms with Gasteiger partial charge in [0.15, 0.2) is 0 Å². The fourth-order valence-corrected chi connectivity index (χ4v) is 3.86. The van der Waals surface area contributed by atoms with Gasteiger partial charge in [-0.25, -0.2) is 0 Å². The predicted molar refractivity (Wildman–Crippen MR) is 118 cm³/mol. The Bertz CT molecular complexity index is 1200. The molecule has 3 rings (SSSR count). The molecule has 0 unspecified atom stereocenters. The summed E-state index contributed by atoms with van der Waals surface area (Å²) in [5.74, 6) is 0.254. The van der Waals surface area contributed by atoms with Crippen LogP contribution in [0.2, 0.25) is 5.02 Å². The lowest BCUT2D eigenvalue weighted by atomic mass is 9.87.